The fourth-order valence-electron chi connectivity index (χ4n) is 4.10. The number of aliphatic hydroxyl groups is 1. The highest BCUT2D eigenvalue weighted by molar-refractivity contribution is 4.94. The van der Waals surface area contributed by atoms with Crippen LogP contribution in [0.5, 0.6) is 0 Å². The Bertz CT molecular complexity index is 298. The monoisotopic (exact) mass is 293 g/mol. The predicted octanol–water partition coefficient (Wildman–Crippen LogP) is 4.50. The first-order valence-electron chi connectivity index (χ1n) is 9.78. The van der Waals surface area contributed by atoms with Crippen molar-refractivity contribution in [1.29, 1.82) is 0 Å². The minimum atomic E-state index is -0.0659. The number of aliphatic hydroxyl groups excluding tert-OH is 1. The minimum absolute atomic E-state index is 0.0659. The number of hydrogen-bond donors (Lipinski definition) is 1. The van der Waals surface area contributed by atoms with Crippen molar-refractivity contribution in [3.63, 3.8) is 0 Å². The van der Waals surface area contributed by atoms with Crippen LogP contribution in [0.3, 0.4) is 0 Å². The predicted molar refractivity (Wildman–Crippen MR) is 88.4 cm³/mol. The molecule has 0 radical (unpaired) electrons. The molecule has 3 saturated carbocycles. The summed E-state index contributed by atoms with van der Waals surface area (Å²) in [7, 11) is 0. The van der Waals surface area contributed by atoms with Gasteiger partial charge in [0, 0.05) is 18.6 Å². The molecule has 3 aliphatic carbocycles. The molecule has 0 amide bonds. The number of rotatable bonds is 4. The highest BCUT2D eigenvalue weighted by Crippen LogP contribution is 2.38. The largest absolute Gasteiger partial charge is 0.391 e. The highest BCUT2D eigenvalue weighted by atomic mass is 16.3. The second-order valence-electron chi connectivity index (χ2n) is 7.91. The lowest BCUT2D eigenvalue weighted by molar-refractivity contribution is 0.0280. The van der Waals surface area contributed by atoms with Crippen molar-refractivity contribution in [3.8, 4) is 0 Å². The first-order valence-corrected chi connectivity index (χ1v) is 9.78. The summed E-state index contributed by atoms with van der Waals surface area (Å²) >= 11 is 0. The fourth-order valence-corrected chi connectivity index (χ4v) is 4.10. The van der Waals surface area contributed by atoms with Crippen molar-refractivity contribution in [3.05, 3.63) is 0 Å². The third-order valence-electron chi connectivity index (χ3n) is 5.80. The standard InChI is InChI=1S/C19H35NO/c21-19-10-8-6-4-2-1-3-5-7-9-18(19)20(17-13-14-17)15-16-11-12-16/h16-19,21H,1-15H2. The van der Waals surface area contributed by atoms with E-state index in [1.807, 2.05) is 0 Å². The Labute approximate surface area is 131 Å². The highest BCUT2D eigenvalue weighted by Gasteiger charge is 2.39. The average Bonchev–Trinajstić information content (AvgIpc) is 3.35. The van der Waals surface area contributed by atoms with Gasteiger partial charge in [-0.2, -0.15) is 0 Å². The third-order valence-corrected chi connectivity index (χ3v) is 5.80. The maximum atomic E-state index is 10.8. The molecule has 0 bridgehead atoms. The summed E-state index contributed by atoms with van der Waals surface area (Å²) in [5.74, 6) is 0.958. The molecule has 3 rings (SSSR count). The Morgan fingerprint density at radius 2 is 1.24 bits per heavy atom. The SMILES string of the molecule is OC1CCCCCCCCCCC1N(CC1CC1)C1CC1. The molecule has 3 fully saturated rings. The quantitative estimate of drug-likeness (QED) is 0.824. The Hall–Kier alpha value is -0.0800. The van der Waals surface area contributed by atoms with E-state index in [-0.39, 0.29) is 6.10 Å². The van der Waals surface area contributed by atoms with E-state index in [0.717, 1.165) is 18.4 Å². The van der Waals surface area contributed by atoms with Crippen LogP contribution in [0, 0.1) is 5.92 Å². The summed E-state index contributed by atoms with van der Waals surface area (Å²) in [6, 6.07) is 1.29. The van der Waals surface area contributed by atoms with Gasteiger partial charge in [-0.05, 0) is 44.4 Å². The summed E-state index contributed by atoms with van der Waals surface area (Å²) in [5.41, 5.74) is 0. The summed E-state index contributed by atoms with van der Waals surface area (Å²) in [5, 5.41) is 10.8. The molecular formula is C19H35NO. The Balaban J connectivity index is 1.58. The van der Waals surface area contributed by atoms with Crippen LogP contribution in [0.1, 0.15) is 89.9 Å². The van der Waals surface area contributed by atoms with Crippen LogP contribution in [0.4, 0.5) is 0 Å². The molecule has 122 valence electrons. The Kier molecular flexibility index (Phi) is 5.99. The van der Waals surface area contributed by atoms with Crippen LogP contribution < -0.4 is 0 Å². The topological polar surface area (TPSA) is 23.5 Å². The van der Waals surface area contributed by atoms with E-state index in [9.17, 15) is 5.11 Å². The lowest BCUT2D eigenvalue weighted by Gasteiger charge is -2.36. The van der Waals surface area contributed by atoms with E-state index in [2.05, 4.69) is 4.90 Å². The molecule has 2 unspecified atom stereocenters. The van der Waals surface area contributed by atoms with Gasteiger partial charge in [0.15, 0.2) is 0 Å². The molecule has 0 saturated heterocycles. The molecule has 0 aromatic heterocycles. The van der Waals surface area contributed by atoms with Gasteiger partial charge >= 0.3 is 0 Å². The van der Waals surface area contributed by atoms with Crippen molar-refractivity contribution in [1.82, 2.24) is 4.90 Å². The summed E-state index contributed by atoms with van der Waals surface area (Å²) < 4.78 is 0. The van der Waals surface area contributed by atoms with Crippen LogP contribution in [0.2, 0.25) is 0 Å². The third kappa shape index (κ3) is 5.25. The minimum Gasteiger partial charge on any atom is -0.391 e. The fraction of sp³-hybridized carbons (Fsp3) is 1.00. The zero-order valence-corrected chi connectivity index (χ0v) is 13.8. The van der Waals surface area contributed by atoms with Gasteiger partial charge in [0.05, 0.1) is 6.10 Å². The van der Waals surface area contributed by atoms with Crippen LogP contribution in [0.15, 0.2) is 0 Å². The van der Waals surface area contributed by atoms with Crippen molar-refractivity contribution in [2.24, 2.45) is 5.92 Å². The Morgan fingerprint density at radius 3 is 1.81 bits per heavy atom. The maximum absolute atomic E-state index is 10.8. The Morgan fingerprint density at radius 1 is 0.667 bits per heavy atom. The van der Waals surface area contributed by atoms with Crippen molar-refractivity contribution >= 4 is 0 Å². The van der Waals surface area contributed by atoms with E-state index in [1.54, 1.807) is 0 Å². The molecule has 0 aromatic carbocycles. The molecule has 2 heteroatoms. The van der Waals surface area contributed by atoms with Crippen molar-refractivity contribution in [2.75, 3.05) is 6.54 Å². The molecule has 0 spiro atoms. The molecule has 3 aliphatic rings. The first kappa shape index (κ1) is 15.8. The lowest BCUT2D eigenvalue weighted by atomic mass is 9.94. The zero-order chi connectivity index (χ0) is 14.5. The van der Waals surface area contributed by atoms with Gasteiger partial charge in [-0.3, -0.25) is 4.90 Å². The molecule has 0 heterocycles. The molecule has 2 nitrogen and oxygen atoms in total. The molecular weight excluding hydrogens is 258 g/mol. The number of nitrogens with zero attached hydrogens (tertiary/aromatic N) is 1. The van der Waals surface area contributed by atoms with Gasteiger partial charge in [-0.25, -0.2) is 0 Å². The smallest absolute Gasteiger partial charge is 0.0695 e. The average molecular weight is 293 g/mol. The molecule has 1 N–H and O–H groups in total. The van der Waals surface area contributed by atoms with E-state index >= 15 is 0 Å². The van der Waals surface area contributed by atoms with Gasteiger partial charge in [0.2, 0.25) is 0 Å². The molecule has 0 aromatic rings. The van der Waals surface area contributed by atoms with Crippen LogP contribution >= 0.6 is 0 Å². The van der Waals surface area contributed by atoms with Gasteiger partial charge in [-0.15, -0.1) is 0 Å². The van der Waals surface area contributed by atoms with Crippen LogP contribution in [-0.4, -0.2) is 34.7 Å². The normalized spacial score (nSPS) is 33.4. The van der Waals surface area contributed by atoms with Crippen LogP contribution in [0.25, 0.3) is 0 Å². The maximum Gasteiger partial charge on any atom is 0.0695 e. The van der Waals surface area contributed by atoms with Crippen LogP contribution in [-0.2, 0) is 0 Å². The summed E-state index contributed by atoms with van der Waals surface area (Å²) in [6.07, 6.45) is 18.8. The second kappa shape index (κ2) is 7.97. The lowest BCUT2D eigenvalue weighted by Crippen LogP contribution is -2.46. The van der Waals surface area contributed by atoms with Gasteiger partial charge in [0.1, 0.15) is 0 Å². The summed E-state index contributed by atoms with van der Waals surface area (Å²) in [6.45, 7) is 1.28. The van der Waals surface area contributed by atoms with Crippen molar-refractivity contribution in [2.45, 2.75) is 108 Å². The van der Waals surface area contributed by atoms with E-state index < -0.39 is 0 Å². The molecule has 0 aliphatic heterocycles. The van der Waals surface area contributed by atoms with Gasteiger partial charge in [-0.1, -0.05) is 51.4 Å². The first-order chi connectivity index (χ1) is 10.3. The molecule has 21 heavy (non-hydrogen) atoms. The summed E-state index contributed by atoms with van der Waals surface area (Å²) in [4.78, 5) is 2.74. The molecule has 2 atom stereocenters. The van der Waals surface area contributed by atoms with E-state index in [0.29, 0.717) is 6.04 Å². The van der Waals surface area contributed by atoms with Gasteiger partial charge < -0.3 is 5.11 Å². The second-order valence-corrected chi connectivity index (χ2v) is 7.91. The zero-order valence-electron chi connectivity index (χ0n) is 13.8. The number of hydrogen-bond acceptors (Lipinski definition) is 2. The van der Waals surface area contributed by atoms with E-state index in [1.165, 1.54) is 90.0 Å². The van der Waals surface area contributed by atoms with Crippen molar-refractivity contribution < 1.29 is 5.11 Å². The van der Waals surface area contributed by atoms with Gasteiger partial charge in [0.25, 0.3) is 0 Å². The van der Waals surface area contributed by atoms with E-state index in [4.69, 9.17) is 0 Å².